The number of aliphatic carboxylic acids is 2. The number of carbonyl (C=O) groups is 2. The van der Waals surface area contributed by atoms with Gasteiger partial charge in [-0.3, -0.25) is 9.59 Å². The number of carboxylic acids is 2. The number of aromatic hydroxyl groups is 2. The van der Waals surface area contributed by atoms with E-state index in [1.165, 1.54) is 83.5 Å². The first-order valence-corrected chi connectivity index (χ1v) is 19.7. The minimum atomic E-state index is -0.687. The standard InChI is InChI=1S/C42H70O6/c43-39-36-35-37(31-27-23-19-15-11-7-3-1-5-9-13-17-21-25-29-33-40(44)45)42(48)38(39)32-28-24-20-16-12-8-4-2-6-10-14-18-22-26-30-34-41(46)47/h1-2,5-6,35-36,43,48H,3-4,7-34H2,(H,44,45)(H,46,47)/b5-1-,6-2-. The molecule has 1 aromatic rings. The Hall–Kier alpha value is -2.76. The number of phenolic OH excluding ortho intramolecular Hbond substituents is 2. The smallest absolute Gasteiger partial charge is 0.303 e. The number of benzene rings is 1. The van der Waals surface area contributed by atoms with Crippen molar-refractivity contribution in [2.45, 2.75) is 193 Å². The highest BCUT2D eigenvalue weighted by Gasteiger charge is 2.12. The fourth-order valence-corrected chi connectivity index (χ4v) is 6.29. The summed E-state index contributed by atoms with van der Waals surface area (Å²) in [7, 11) is 0. The molecule has 48 heavy (non-hydrogen) atoms. The summed E-state index contributed by atoms with van der Waals surface area (Å²) >= 11 is 0. The highest BCUT2D eigenvalue weighted by atomic mass is 16.4. The Morgan fingerprint density at radius 2 is 0.771 bits per heavy atom. The van der Waals surface area contributed by atoms with Crippen molar-refractivity contribution in [3.05, 3.63) is 47.6 Å². The summed E-state index contributed by atoms with van der Waals surface area (Å²) in [6.07, 6.45) is 41.0. The lowest BCUT2D eigenvalue weighted by Gasteiger charge is -2.12. The molecule has 0 fully saturated rings. The molecule has 0 saturated carbocycles. The van der Waals surface area contributed by atoms with Crippen LogP contribution in [0.4, 0.5) is 0 Å². The van der Waals surface area contributed by atoms with E-state index in [1.54, 1.807) is 6.07 Å². The summed E-state index contributed by atoms with van der Waals surface area (Å²) in [6.45, 7) is 0. The third kappa shape index (κ3) is 26.2. The van der Waals surface area contributed by atoms with Gasteiger partial charge in [0.1, 0.15) is 11.5 Å². The number of phenols is 2. The highest BCUT2D eigenvalue weighted by Crippen LogP contribution is 2.33. The summed E-state index contributed by atoms with van der Waals surface area (Å²) < 4.78 is 0. The van der Waals surface area contributed by atoms with Gasteiger partial charge in [0.05, 0.1) is 0 Å². The quantitative estimate of drug-likeness (QED) is 0.0428. The number of unbranched alkanes of at least 4 members (excludes halogenated alkanes) is 22. The highest BCUT2D eigenvalue weighted by molar-refractivity contribution is 5.66. The van der Waals surface area contributed by atoms with Gasteiger partial charge < -0.3 is 20.4 Å². The number of hydrogen-bond donors (Lipinski definition) is 4. The Morgan fingerprint density at radius 3 is 1.17 bits per heavy atom. The topological polar surface area (TPSA) is 115 Å². The molecule has 6 nitrogen and oxygen atoms in total. The molecule has 0 aliphatic rings. The van der Waals surface area contributed by atoms with E-state index in [2.05, 4.69) is 24.3 Å². The summed E-state index contributed by atoms with van der Waals surface area (Å²) in [5, 5.41) is 38.5. The minimum absolute atomic E-state index is 0.225. The molecule has 1 aromatic carbocycles. The van der Waals surface area contributed by atoms with E-state index in [0.29, 0.717) is 18.6 Å². The van der Waals surface area contributed by atoms with Crippen molar-refractivity contribution < 1.29 is 30.0 Å². The van der Waals surface area contributed by atoms with Crippen molar-refractivity contribution in [3.8, 4) is 11.5 Å². The third-order valence-corrected chi connectivity index (χ3v) is 9.31. The predicted octanol–water partition coefficient (Wildman–Crippen LogP) is 12.4. The summed E-state index contributed by atoms with van der Waals surface area (Å²) in [5.74, 6) is -0.838. The zero-order valence-corrected chi connectivity index (χ0v) is 30.3. The molecular formula is C42H70O6. The van der Waals surface area contributed by atoms with Crippen LogP contribution in [0.25, 0.3) is 0 Å². The second kappa shape index (κ2) is 31.5. The monoisotopic (exact) mass is 671 g/mol. The molecule has 1 rings (SSSR count). The third-order valence-electron chi connectivity index (χ3n) is 9.31. The van der Waals surface area contributed by atoms with E-state index >= 15 is 0 Å². The molecular weight excluding hydrogens is 600 g/mol. The van der Waals surface area contributed by atoms with Crippen molar-refractivity contribution in [1.29, 1.82) is 0 Å². The number of hydrogen-bond acceptors (Lipinski definition) is 4. The van der Waals surface area contributed by atoms with Gasteiger partial charge in [0.2, 0.25) is 0 Å². The van der Waals surface area contributed by atoms with Crippen LogP contribution in [0, 0.1) is 0 Å². The van der Waals surface area contributed by atoms with Crippen molar-refractivity contribution in [3.63, 3.8) is 0 Å². The maximum atomic E-state index is 10.8. The summed E-state index contributed by atoms with van der Waals surface area (Å²) in [5.41, 5.74) is 1.69. The first-order chi connectivity index (χ1) is 23.4. The van der Waals surface area contributed by atoms with Crippen molar-refractivity contribution in [1.82, 2.24) is 0 Å². The van der Waals surface area contributed by atoms with Gasteiger partial charge in [-0.1, -0.05) is 120 Å². The molecule has 0 aliphatic carbocycles. The van der Waals surface area contributed by atoms with E-state index in [-0.39, 0.29) is 5.75 Å². The van der Waals surface area contributed by atoms with Crippen molar-refractivity contribution in [2.24, 2.45) is 0 Å². The van der Waals surface area contributed by atoms with Crippen LogP contribution in [0.2, 0.25) is 0 Å². The van der Waals surface area contributed by atoms with Crippen LogP contribution in [0.3, 0.4) is 0 Å². The van der Waals surface area contributed by atoms with Crippen LogP contribution < -0.4 is 0 Å². The lowest BCUT2D eigenvalue weighted by Crippen LogP contribution is -1.94. The van der Waals surface area contributed by atoms with E-state index in [4.69, 9.17) is 10.2 Å². The summed E-state index contributed by atoms with van der Waals surface area (Å²) in [4.78, 5) is 21.0. The second-order valence-electron chi connectivity index (χ2n) is 13.7. The van der Waals surface area contributed by atoms with Crippen molar-refractivity contribution in [2.75, 3.05) is 0 Å². The average molecular weight is 671 g/mol. The minimum Gasteiger partial charge on any atom is -0.508 e. The second-order valence-corrected chi connectivity index (χ2v) is 13.7. The van der Waals surface area contributed by atoms with Gasteiger partial charge in [-0.2, -0.15) is 0 Å². The molecule has 0 aliphatic heterocycles. The largest absolute Gasteiger partial charge is 0.508 e. The molecule has 0 unspecified atom stereocenters. The molecule has 0 heterocycles. The molecule has 0 aromatic heterocycles. The van der Waals surface area contributed by atoms with E-state index in [0.717, 1.165) is 107 Å². The predicted molar refractivity (Wildman–Crippen MR) is 200 cm³/mol. The van der Waals surface area contributed by atoms with Gasteiger partial charge in [0, 0.05) is 18.4 Å². The molecule has 274 valence electrons. The lowest BCUT2D eigenvalue weighted by molar-refractivity contribution is -0.138. The van der Waals surface area contributed by atoms with Gasteiger partial charge in [-0.05, 0) is 102 Å². The van der Waals surface area contributed by atoms with Crippen LogP contribution >= 0.6 is 0 Å². The van der Waals surface area contributed by atoms with E-state index in [1.807, 2.05) is 6.07 Å². The Bertz CT molecular complexity index is 998. The number of carboxylic acid groups (broad SMARTS) is 2. The molecule has 0 atom stereocenters. The van der Waals surface area contributed by atoms with Crippen LogP contribution in [0.5, 0.6) is 11.5 Å². The van der Waals surface area contributed by atoms with Crippen LogP contribution in [0.15, 0.2) is 36.4 Å². The van der Waals surface area contributed by atoms with E-state index in [9.17, 15) is 19.8 Å². The summed E-state index contributed by atoms with van der Waals surface area (Å²) in [6, 6.07) is 3.65. The Balaban J connectivity index is 2.01. The maximum absolute atomic E-state index is 10.8. The molecule has 4 N–H and O–H groups in total. The number of aryl methyl sites for hydroxylation is 1. The maximum Gasteiger partial charge on any atom is 0.303 e. The molecule has 0 radical (unpaired) electrons. The van der Waals surface area contributed by atoms with Gasteiger partial charge >= 0.3 is 11.9 Å². The first kappa shape index (κ1) is 43.3. The molecule has 0 bridgehead atoms. The Morgan fingerprint density at radius 1 is 0.438 bits per heavy atom. The Labute approximate surface area is 293 Å². The SMILES string of the molecule is O=C(O)CCCCCCC/C=C\CCCCCCCCc1ccc(O)c(CCCCCCCC/C=C\CCCCCCCC(=O)O)c1O. The zero-order valence-electron chi connectivity index (χ0n) is 30.3. The van der Waals surface area contributed by atoms with Crippen LogP contribution in [-0.2, 0) is 22.4 Å². The van der Waals surface area contributed by atoms with Crippen molar-refractivity contribution >= 4 is 11.9 Å². The average Bonchev–Trinajstić information content (AvgIpc) is 3.05. The Kier molecular flexibility index (Phi) is 28.4. The van der Waals surface area contributed by atoms with Gasteiger partial charge in [-0.15, -0.1) is 0 Å². The zero-order chi connectivity index (χ0) is 34.9. The molecule has 0 saturated heterocycles. The normalized spacial score (nSPS) is 11.7. The molecule has 6 heteroatoms. The lowest BCUT2D eigenvalue weighted by atomic mass is 9.97. The van der Waals surface area contributed by atoms with E-state index < -0.39 is 11.9 Å². The van der Waals surface area contributed by atoms with Gasteiger partial charge in [0.25, 0.3) is 0 Å². The van der Waals surface area contributed by atoms with Crippen LogP contribution in [0.1, 0.15) is 191 Å². The van der Waals surface area contributed by atoms with Gasteiger partial charge in [0.15, 0.2) is 0 Å². The van der Waals surface area contributed by atoms with Gasteiger partial charge in [-0.25, -0.2) is 0 Å². The number of allylic oxidation sites excluding steroid dienone is 4. The number of rotatable bonds is 34. The fourth-order valence-electron chi connectivity index (χ4n) is 6.29. The molecule has 0 spiro atoms. The fraction of sp³-hybridized carbons (Fsp3) is 0.714. The molecule has 0 amide bonds. The van der Waals surface area contributed by atoms with Crippen LogP contribution in [-0.4, -0.2) is 32.4 Å². The first-order valence-electron chi connectivity index (χ1n) is 19.7.